The van der Waals surface area contributed by atoms with E-state index in [9.17, 15) is 9.90 Å². The summed E-state index contributed by atoms with van der Waals surface area (Å²) in [6.07, 6.45) is 6.85. The van der Waals surface area contributed by atoms with Gasteiger partial charge in [-0.3, -0.25) is 4.79 Å². The van der Waals surface area contributed by atoms with Crippen LogP contribution in [0.15, 0.2) is 30.6 Å². The van der Waals surface area contributed by atoms with Crippen molar-refractivity contribution in [1.82, 2.24) is 20.1 Å². The van der Waals surface area contributed by atoms with Crippen LogP contribution in [0.25, 0.3) is 5.82 Å². The largest absolute Gasteiger partial charge is 0.396 e. The molecular formula is C17H22N4O2. The minimum absolute atomic E-state index is 0.0513. The zero-order valence-corrected chi connectivity index (χ0v) is 13.3. The molecule has 6 nitrogen and oxygen atoms in total. The van der Waals surface area contributed by atoms with Crippen LogP contribution in [-0.4, -0.2) is 38.4 Å². The van der Waals surface area contributed by atoms with E-state index in [4.69, 9.17) is 0 Å². The van der Waals surface area contributed by atoms with E-state index in [2.05, 4.69) is 15.4 Å². The fourth-order valence-corrected chi connectivity index (χ4v) is 2.89. The summed E-state index contributed by atoms with van der Waals surface area (Å²) < 4.78 is 1.72. The van der Waals surface area contributed by atoms with Gasteiger partial charge in [0.25, 0.3) is 5.91 Å². The van der Waals surface area contributed by atoms with Gasteiger partial charge in [0.1, 0.15) is 0 Å². The first-order valence-corrected chi connectivity index (χ1v) is 8.14. The van der Waals surface area contributed by atoms with Crippen LogP contribution < -0.4 is 5.32 Å². The molecule has 23 heavy (non-hydrogen) atoms. The molecule has 1 unspecified atom stereocenters. The normalized spacial score (nSPS) is 15.4. The van der Waals surface area contributed by atoms with Gasteiger partial charge in [0.2, 0.25) is 0 Å². The van der Waals surface area contributed by atoms with Gasteiger partial charge in [0, 0.05) is 18.8 Å². The summed E-state index contributed by atoms with van der Waals surface area (Å²) in [6.45, 7) is 2.09. The maximum absolute atomic E-state index is 12.6. The van der Waals surface area contributed by atoms with Gasteiger partial charge in [-0.05, 0) is 43.7 Å². The molecule has 0 spiro atoms. The second kappa shape index (κ2) is 6.91. The molecule has 0 bridgehead atoms. The first-order chi connectivity index (χ1) is 11.2. The van der Waals surface area contributed by atoms with Crippen LogP contribution in [0.5, 0.6) is 0 Å². The number of nitrogens with one attached hydrogen (secondary N) is 1. The number of aliphatic hydroxyl groups is 1. The van der Waals surface area contributed by atoms with E-state index in [1.54, 1.807) is 17.1 Å². The number of aromatic nitrogens is 3. The lowest BCUT2D eigenvalue weighted by Gasteiger charge is -2.17. The van der Waals surface area contributed by atoms with Crippen LogP contribution in [0.2, 0.25) is 0 Å². The molecule has 1 aliphatic rings. The SMILES string of the molecule is CCc1c(C(=O)NC(CCO)C2CC2)cnn1-c1ccccn1. The standard InChI is InChI=1S/C17H22N4O2/c1-2-15-13(11-19-21(15)16-5-3-4-9-18-16)17(23)20-14(8-10-22)12-6-7-12/h3-5,9,11-12,14,22H,2,6-8,10H2,1H3,(H,20,23). The molecule has 1 atom stereocenters. The number of pyridine rings is 1. The Balaban J connectivity index is 1.82. The van der Waals surface area contributed by atoms with Crippen molar-refractivity contribution in [3.63, 3.8) is 0 Å². The maximum atomic E-state index is 12.6. The number of amides is 1. The summed E-state index contributed by atoms with van der Waals surface area (Å²) >= 11 is 0. The zero-order valence-electron chi connectivity index (χ0n) is 13.3. The van der Waals surface area contributed by atoms with Gasteiger partial charge in [-0.1, -0.05) is 13.0 Å². The van der Waals surface area contributed by atoms with Crippen LogP contribution in [0, 0.1) is 5.92 Å². The highest BCUT2D eigenvalue weighted by Gasteiger charge is 2.32. The van der Waals surface area contributed by atoms with Crippen molar-refractivity contribution < 1.29 is 9.90 Å². The Bertz CT molecular complexity index is 664. The lowest BCUT2D eigenvalue weighted by atomic mass is 10.1. The minimum atomic E-state index is -0.116. The average Bonchev–Trinajstić information content (AvgIpc) is 3.33. The Hall–Kier alpha value is -2.21. The molecule has 1 fully saturated rings. The van der Waals surface area contributed by atoms with E-state index >= 15 is 0 Å². The van der Waals surface area contributed by atoms with Gasteiger partial charge in [0.05, 0.1) is 17.5 Å². The number of carbonyl (C=O) groups excluding carboxylic acids is 1. The number of nitrogens with zero attached hydrogens (tertiary/aromatic N) is 3. The van der Waals surface area contributed by atoms with Gasteiger partial charge in [-0.15, -0.1) is 0 Å². The third kappa shape index (κ3) is 3.42. The molecule has 0 aliphatic heterocycles. The first kappa shape index (κ1) is 15.7. The first-order valence-electron chi connectivity index (χ1n) is 8.14. The summed E-state index contributed by atoms with van der Waals surface area (Å²) in [6, 6.07) is 5.66. The quantitative estimate of drug-likeness (QED) is 0.815. The maximum Gasteiger partial charge on any atom is 0.255 e. The smallest absolute Gasteiger partial charge is 0.255 e. The van der Waals surface area contributed by atoms with Gasteiger partial charge in [-0.2, -0.15) is 5.10 Å². The van der Waals surface area contributed by atoms with Crippen LogP contribution in [0.1, 0.15) is 42.2 Å². The number of carbonyl (C=O) groups is 1. The summed E-state index contributed by atoms with van der Waals surface area (Å²) in [4.78, 5) is 16.9. The molecule has 2 aromatic rings. The van der Waals surface area contributed by atoms with Gasteiger partial charge < -0.3 is 10.4 Å². The Kier molecular flexibility index (Phi) is 4.71. The molecule has 122 valence electrons. The van der Waals surface area contributed by atoms with E-state index in [0.717, 1.165) is 18.5 Å². The van der Waals surface area contributed by atoms with Gasteiger partial charge in [-0.25, -0.2) is 9.67 Å². The summed E-state index contributed by atoms with van der Waals surface area (Å²) in [5.74, 6) is 1.09. The van der Waals surface area contributed by atoms with E-state index < -0.39 is 0 Å². The molecule has 1 amide bonds. The molecule has 0 radical (unpaired) electrons. The zero-order chi connectivity index (χ0) is 16.2. The fourth-order valence-electron chi connectivity index (χ4n) is 2.89. The molecule has 2 heterocycles. The molecule has 2 N–H and O–H groups in total. The number of hydrogen-bond acceptors (Lipinski definition) is 4. The Morgan fingerprint density at radius 1 is 1.48 bits per heavy atom. The van der Waals surface area contributed by atoms with Crippen molar-refractivity contribution in [2.24, 2.45) is 5.92 Å². The molecular weight excluding hydrogens is 292 g/mol. The second-order valence-electron chi connectivity index (χ2n) is 5.89. The lowest BCUT2D eigenvalue weighted by Crippen LogP contribution is -2.37. The highest BCUT2D eigenvalue weighted by Crippen LogP contribution is 2.34. The topological polar surface area (TPSA) is 80.0 Å². The van der Waals surface area contributed by atoms with E-state index in [-0.39, 0.29) is 18.6 Å². The highest BCUT2D eigenvalue weighted by atomic mass is 16.3. The third-order valence-corrected chi connectivity index (χ3v) is 4.26. The minimum Gasteiger partial charge on any atom is -0.396 e. The van der Waals surface area contributed by atoms with Crippen molar-refractivity contribution in [3.05, 3.63) is 41.9 Å². The Morgan fingerprint density at radius 3 is 2.91 bits per heavy atom. The van der Waals surface area contributed by atoms with Gasteiger partial charge in [0.15, 0.2) is 5.82 Å². The predicted octanol–water partition coefficient (Wildman–Crippen LogP) is 1.72. The number of rotatable bonds is 7. The Labute approximate surface area is 135 Å². The van der Waals surface area contributed by atoms with Crippen molar-refractivity contribution >= 4 is 5.91 Å². The fraction of sp³-hybridized carbons (Fsp3) is 0.471. The van der Waals surface area contributed by atoms with Crippen molar-refractivity contribution in [2.45, 2.75) is 38.6 Å². The van der Waals surface area contributed by atoms with Gasteiger partial charge >= 0.3 is 0 Å². The van der Waals surface area contributed by atoms with Crippen molar-refractivity contribution in [3.8, 4) is 5.82 Å². The third-order valence-electron chi connectivity index (χ3n) is 4.26. The molecule has 1 saturated carbocycles. The van der Waals surface area contributed by atoms with E-state index in [1.165, 1.54) is 0 Å². The molecule has 2 aromatic heterocycles. The van der Waals surface area contributed by atoms with E-state index in [1.807, 2.05) is 25.1 Å². The summed E-state index contributed by atoms with van der Waals surface area (Å²) in [7, 11) is 0. The second-order valence-corrected chi connectivity index (χ2v) is 5.89. The monoisotopic (exact) mass is 314 g/mol. The summed E-state index contributed by atoms with van der Waals surface area (Å²) in [5.41, 5.74) is 1.43. The number of aliphatic hydroxyl groups excluding tert-OH is 1. The Morgan fingerprint density at radius 2 is 2.30 bits per heavy atom. The van der Waals surface area contributed by atoms with Crippen LogP contribution in [0.3, 0.4) is 0 Å². The lowest BCUT2D eigenvalue weighted by molar-refractivity contribution is 0.0923. The summed E-state index contributed by atoms with van der Waals surface area (Å²) in [5, 5.41) is 16.6. The average molecular weight is 314 g/mol. The van der Waals surface area contributed by atoms with E-state index in [0.29, 0.717) is 30.1 Å². The van der Waals surface area contributed by atoms with Crippen LogP contribution in [0.4, 0.5) is 0 Å². The predicted molar refractivity (Wildman–Crippen MR) is 86.4 cm³/mol. The molecule has 0 aromatic carbocycles. The highest BCUT2D eigenvalue weighted by molar-refractivity contribution is 5.95. The molecule has 1 aliphatic carbocycles. The number of hydrogen-bond donors (Lipinski definition) is 2. The van der Waals surface area contributed by atoms with Crippen molar-refractivity contribution in [1.29, 1.82) is 0 Å². The van der Waals surface area contributed by atoms with Crippen molar-refractivity contribution in [2.75, 3.05) is 6.61 Å². The van der Waals surface area contributed by atoms with Crippen LogP contribution in [-0.2, 0) is 6.42 Å². The molecule has 6 heteroatoms. The van der Waals surface area contributed by atoms with Crippen LogP contribution >= 0.6 is 0 Å². The molecule has 3 rings (SSSR count). The molecule has 0 saturated heterocycles.